The molecule has 1 saturated carbocycles. The molecule has 3 atom stereocenters. The Kier molecular flexibility index (Phi) is 5.22. The minimum atomic E-state index is -0.725. The molecular formula is C17H26FNO2. The number of hydrogen-bond acceptors (Lipinski definition) is 3. The van der Waals surface area contributed by atoms with E-state index >= 15 is 0 Å². The van der Waals surface area contributed by atoms with E-state index in [1.165, 1.54) is 19.6 Å². The summed E-state index contributed by atoms with van der Waals surface area (Å²) in [4.78, 5) is 0. The van der Waals surface area contributed by atoms with Crippen molar-refractivity contribution in [3.8, 4) is 5.75 Å². The second-order valence-corrected chi connectivity index (χ2v) is 6.23. The third-order valence-corrected chi connectivity index (χ3v) is 5.04. The van der Waals surface area contributed by atoms with Gasteiger partial charge >= 0.3 is 0 Å². The zero-order chi connectivity index (χ0) is 15.5. The lowest BCUT2D eigenvalue weighted by Gasteiger charge is -2.43. The molecule has 1 aromatic rings. The molecule has 4 heteroatoms. The Labute approximate surface area is 126 Å². The molecule has 1 aliphatic carbocycles. The van der Waals surface area contributed by atoms with Gasteiger partial charge in [0, 0.05) is 12.0 Å². The number of aliphatic hydroxyl groups is 1. The molecule has 0 bridgehead atoms. The van der Waals surface area contributed by atoms with E-state index in [2.05, 4.69) is 6.92 Å². The van der Waals surface area contributed by atoms with Gasteiger partial charge in [-0.1, -0.05) is 32.3 Å². The standard InChI is InChI=1S/C17H26FNO2/c1-3-12-5-4-8-17(10-12,11-19)16(20)13-6-7-15(21-2)14(18)9-13/h6-7,9,12,16,20H,3-5,8,10-11,19H2,1-2H3. The Morgan fingerprint density at radius 2 is 2.29 bits per heavy atom. The normalized spacial score (nSPS) is 27.4. The predicted molar refractivity (Wildman–Crippen MR) is 81.6 cm³/mol. The van der Waals surface area contributed by atoms with Gasteiger partial charge in [-0.15, -0.1) is 0 Å². The molecule has 1 aromatic carbocycles. The van der Waals surface area contributed by atoms with Crippen LogP contribution >= 0.6 is 0 Å². The third-order valence-electron chi connectivity index (χ3n) is 5.04. The van der Waals surface area contributed by atoms with Crippen LogP contribution in [-0.4, -0.2) is 18.8 Å². The first-order valence-electron chi connectivity index (χ1n) is 7.78. The predicted octanol–water partition coefficient (Wildman–Crippen LogP) is 3.41. The molecule has 0 spiro atoms. The number of halogens is 1. The summed E-state index contributed by atoms with van der Waals surface area (Å²) < 4.78 is 18.8. The Morgan fingerprint density at radius 1 is 1.52 bits per heavy atom. The van der Waals surface area contributed by atoms with Crippen molar-refractivity contribution in [2.24, 2.45) is 17.1 Å². The molecule has 1 aliphatic rings. The van der Waals surface area contributed by atoms with Gasteiger partial charge in [0.05, 0.1) is 13.2 Å². The molecule has 0 aliphatic heterocycles. The van der Waals surface area contributed by atoms with Gasteiger partial charge < -0.3 is 15.6 Å². The van der Waals surface area contributed by atoms with Crippen LogP contribution in [0.2, 0.25) is 0 Å². The average Bonchev–Trinajstić information content (AvgIpc) is 2.53. The number of rotatable bonds is 5. The topological polar surface area (TPSA) is 55.5 Å². The molecule has 3 nitrogen and oxygen atoms in total. The molecule has 3 unspecified atom stereocenters. The summed E-state index contributed by atoms with van der Waals surface area (Å²) in [6.07, 6.45) is 4.46. The molecular weight excluding hydrogens is 269 g/mol. The molecule has 0 radical (unpaired) electrons. The molecule has 2 rings (SSSR count). The van der Waals surface area contributed by atoms with Crippen molar-refractivity contribution < 1.29 is 14.2 Å². The van der Waals surface area contributed by atoms with Crippen LogP contribution in [0.3, 0.4) is 0 Å². The van der Waals surface area contributed by atoms with Gasteiger partial charge in [0.25, 0.3) is 0 Å². The molecule has 1 fully saturated rings. The Hall–Kier alpha value is -1.13. The molecule has 0 heterocycles. The Morgan fingerprint density at radius 3 is 2.86 bits per heavy atom. The largest absolute Gasteiger partial charge is 0.494 e. The molecule has 3 N–H and O–H groups in total. The summed E-state index contributed by atoms with van der Waals surface area (Å²) in [5.41, 5.74) is 6.27. The van der Waals surface area contributed by atoms with Crippen LogP contribution in [0.25, 0.3) is 0 Å². The first-order valence-corrected chi connectivity index (χ1v) is 7.78. The fourth-order valence-corrected chi connectivity index (χ4v) is 3.62. The number of aliphatic hydroxyl groups excluding tert-OH is 1. The summed E-state index contributed by atoms with van der Waals surface area (Å²) in [7, 11) is 1.43. The third kappa shape index (κ3) is 3.22. The first kappa shape index (κ1) is 16.2. The van der Waals surface area contributed by atoms with Gasteiger partial charge in [-0.3, -0.25) is 0 Å². The van der Waals surface area contributed by atoms with Crippen molar-refractivity contribution in [1.29, 1.82) is 0 Å². The number of benzene rings is 1. The minimum absolute atomic E-state index is 0.197. The van der Waals surface area contributed by atoms with Crippen LogP contribution in [0.5, 0.6) is 5.75 Å². The SMILES string of the molecule is CCC1CCCC(CN)(C(O)c2ccc(OC)c(F)c2)C1. The highest BCUT2D eigenvalue weighted by molar-refractivity contribution is 5.31. The number of nitrogens with two attached hydrogens (primary N) is 1. The maximum atomic E-state index is 13.9. The lowest BCUT2D eigenvalue weighted by atomic mass is 9.64. The number of hydrogen-bond donors (Lipinski definition) is 2. The average molecular weight is 295 g/mol. The van der Waals surface area contributed by atoms with E-state index in [1.54, 1.807) is 12.1 Å². The van der Waals surface area contributed by atoms with Gasteiger partial charge in [0.2, 0.25) is 0 Å². The van der Waals surface area contributed by atoms with E-state index in [4.69, 9.17) is 10.5 Å². The van der Waals surface area contributed by atoms with Gasteiger partial charge in [-0.05, 0) is 36.5 Å². The monoisotopic (exact) mass is 295 g/mol. The zero-order valence-corrected chi connectivity index (χ0v) is 12.9. The summed E-state index contributed by atoms with van der Waals surface area (Å²) in [5, 5.41) is 10.8. The molecule has 118 valence electrons. The van der Waals surface area contributed by atoms with Crippen LogP contribution in [0.4, 0.5) is 4.39 Å². The van der Waals surface area contributed by atoms with Crippen molar-refractivity contribution in [2.45, 2.75) is 45.1 Å². The number of methoxy groups -OCH3 is 1. The maximum Gasteiger partial charge on any atom is 0.165 e. The highest BCUT2D eigenvalue weighted by Gasteiger charge is 2.41. The van der Waals surface area contributed by atoms with Gasteiger partial charge in [-0.2, -0.15) is 0 Å². The van der Waals surface area contributed by atoms with Gasteiger partial charge in [0.1, 0.15) is 0 Å². The van der Waals surface area contributed by atoms with Crippen LogP contribution in [-0.2, 0) is 0 Å². The molecule has 0 aromatic heterocycles. The maximum absolute atomic E-state index is 13.9. The lowest BCUT2D eigenvalue weighted by Crippen LogP contribution is -2.41. The van der Waals surface area contributed by atoms with Crippen molar-refractivity contribution in [3.63, 3.8) is 0 Å². The lowest BCUT2D eigenvalue weighted by molar-refractivity contribution is -0.0163. The van der Waals surface area contributed by atoms with E-state index in [1.807, 2.05) is 0 Å². The van der Waals surface area contributed by atoms with Crippen molar-refractivity contribution >= 4 is 0 Å². The fourth-order valence-electron chi connectivity index (χ4n) is 3.62. The van der Waals surface area contributed by atoms with E-state index in [-0.39, 0.29) is 11.2 Å². The minimum Gasteiger partial charge on any atom is -0.494 e. The van der Waals surface area contributed by atoms with Crippen LogP contribution in [0.15, 0.2) is 18.2 Å². The summed E-state index contributed by atoms with van der Waals surface area (Å²) >= 11 is 0. The Balaban J connectivity index is 2.27. The van der Waals surface area contributed by atoms with Crippen LogP contribution < -0.4 is 10.5 Å². The Bertz CT molecular complexity index is 480. The van der Waals surface area contributed by atoms with Crippen molar-refractivity contribution in [1.82, 2.24) is 0 Å². The smallest absolute Gasteiger partial charge is 0.165 e. The van der Waals surface area contributed by atoms with Crippen molar-refractivity contribution in [2.75, 3.05) is 13.7 Å². The summed E-state index contributed by atoms with van der Waals surface area (Å²) in [6.45, 7) is 2.61. The fraction of sp³-hybridized carbons (Fsp3) is 0.647. The van der Waals surface area contributed by atoms with E-state index < -0.39 is 11.9 Å². The van der Waals surface area contributed by atoms with E-state index in [0.29, 0.717) is 18.0 Å². The van der Waals surface area contributed by atoms with E-state index in [9.17, 15) is 9.50 Å². The molecule has 21 heavy (non-hydrogen) atoms. The zero-order valence-electron chi connectivity index (χ0n) is 12.9. The van der Waals surface area contributed by atoms with Gasteiger partial charge in [0.15, 0.2) is 11.6 Å². The highest BCUT2D eigenvalue weighted by Crippen LogP contribution is 2.48. The second-order valence-electron chi connectivity index (χ2n) is 6.23. The second kappa shape index (κ2) is 6.75. The first-order chi connectivity index (χ1) is 10.1. The van der Waals surface area contributed by atoms with E-state index in [0.717, 1.165) is 25.7 Å². The van der Waals surface area contributed by atoms with Crippen molar-refractivity contribution in [3.05, 3.63) is 29.6 Å². The summed E-state index contributed by atoms with van der Waals surface area (Å²) in [6, 6.07) is 4.67. The quantitative estimate of drug-likeness (QED) is 0.875. The van der Waals surface area contributed by atoms with Crippen LogP contribution in [0, 0.1) is 17.2 Å². The van der Waals surface area contributed by atoms with Gasteiger partial charge in [-0.25, -0.2) is 4.39 Å². The highest BCUT2D eigenvalue weighted by atomic mass is 19.1. The number of ether oxygens (including phenoxy) is 1. The molecule has 0 saturated heterocycles. The molecule has 0 amide bonds. The van der Waals surface area contributed by atoms with Crippen LogP contribution in [0.1, 0.15) is 50.7 Å². The summed E-state index contributed by atoms with van der Waals surface area (Å²) in [5.74, 6) is 0.354.